The van der Waals surface area contributed by atoms with Crippen molar-refractivity contribution < 1.29 is 14.7 Å². The molecule has 0 unspecified atom stereocenters. The molecule has 0 aromatic heterocycles. The Hall–Kier alpha value is -2.47. The number of hydrogen-bond donors (Lipinski definition) is 2. The quantitative estimate of drug-likeness (QED) is 0.311. The molecule has 0 atom stereocenters. The minimum absolute atomic E-state index is 0.00435. The number of carbonyl (C=O) groups excluding carboxylic acids is 1. The van der Waals surface area contributed by atoms with Crippen LogP contribution in [0.2, 0.25) is 0 Å². The molecule has 0 spiro atoms. The van der Waals surface area contributed by atoms with Crippen molar-refractivity contribution in [1.82, 2.24) is 0 Å². The maximum absolute atomic E-state index is 10.4. The fourth-order valence-electron chi connectivity index (χ4n) is 1.32. The third kappa shape index (κ3) is 16.2. The van der Waals surface area contributed by atoms with Gasteiger partial charge in [-0.1, -0.05) is 63.1 Å². The van der Waals surface area contributed by atoms with E-state index < -0.39 is 0 Å². The van der Waals surface area contributed by atoms with Gasteiger partial charge in [-0.2, -0.15) is 5.10 Å². The lowest BCUT2D eigenvalue weighted by Crippen LogP contribution is -2.05. The highest BCUT2D eigenvalue weighted by atomic mass is 16.5. The average molecular weight is 349 g/mol. The molecule has 6 nitrogen and oxygen atoms in total. The van der Waals surface area contributed by atoms with Crippen LogP contribution < -0.4 is 5.43 Å². The van der Waals surface area contributed by atoms with E-state index in [0.29, 0.717) is 6.29 Å². The molecule has 0 aliphatic rings. The molecule has 25 heavy (non-hydrogen) atoms. The number of oxime groups is 1. The summed E-state index contributed by atoms with van der Waals surface area (Å²) in [4.78, 5) is 10.4. The van der Waals surface area contributed by atoms with Gasteiger partial charge >= 0.3 is 0 Å². The van der Waals surface area contributed by atoms with Crippen LogP contribution in [0.3, 0.4) is 0 Å². The Morgan fingerprint density at radius 2 is 1.80 bits per heavy atom. The number of benzene rings is 1. The number of unbranched alkanes of at least 4 members (excludes halogenated alkanes) is 2. The number of hydrogen-bond acceptors (Lipinski definition) is 6. The Bertz CT molecular complexity index is 493. The number of rotatable bonds is 8. The molecule has 6 heteroatoms. The Morgan fingerprint density at radius 1 is 1.24 bits per heavy atom. The Balaban J connectivity index is 0. The molecule has 0 bridgehead atoms. The third-order valence-electron chi connectivity index (χ3n) is 2.77. The second-order valence-electron chi connectivity index (χ2n) is 4.77. The molecule has 1 aromatic carbocycles. The number of ether oxygens (including phenoxy) is 1. The summed E-state index contributed by atoms with van der Waals surface area (Å²) in [5.41, 5.74) is 4.35. The molecule has 1 aromatic rings. The minimum atomic E-state index is -0.00435. The van der Waals surface area contributed by atoms with Crippen LogP contribution in [0.15, 0.2) is 41.1 Å². The first kappa shape index (κ1) is 24.8. The highest BCUT2D eigenvalue weighted by molar-refractivity contribution is 6.54. The first-order valence-electron chi connectivity index (χ1n) is 8.30. The summed E-state index contributed by atoms with van der Waals surface area (Å²) < 4.78 is 4.54. The van der Waals surface area contributed by atoms with Crippen molar-refractivity contribution in [3.63, 3.8) is 0 Å². The number of nitrogens with one attached hydrogen (secondary N) is 1. The van der Waals surface area contributed by atoms with Crippen LogP contribution in [-0.2, 0) is 9.53 Å². The van der Waals surface area contributed by atoms with Crippen LogP contribution >= 0.6 is 0 Å². The molecule has 0 fully saturated rings. The van der Waals surface area contributed by atoms with Crippen molar-refractivity contribution in [2.24, 2.45) is 10.3 Å². The molecule has 0 heterocycles. The van der Waals surface area contributed by atoms with Crippen LogP contribution in [0.25, 0.3) is 6.08 Å². The van der Waals surface area contributed by atoms with E-state index in [0.717, 1.165) is 24.1 Å². The van der Waals surface area contributed by atoms with E-state index >= 15 is 0 Å². The lowest BCUT2D eigenvalue weighted by Gasteiger charge is -2.00. The van der Waals surface area contributed by atoms with Gasteiger partial charge in [0.15, 0.2) is 6.29 Å². The number of aldehydes is 1. The van der Waals surface area contributed by atoms with Gasteiger partial charge in [0.1, 0.15) is 5.71 Å². The number of hydrazone groups is 1. The van der Waals surface area contributed by atoms with Gasteiger partial charge in [-0.05, 0) is 24.6 Å². The van der Waals surface area contributed by atoms with E-state index in [4.69, 9.17) is 5.21 Å². The highest BCUT2D eigenvalue weighted by Crippen LogP contribution is 2.09. The summed E-state index contributed by atoms with van der Waals surface area (Å²) in [6.45, 7) is 10.8. The number of methoxy groups -OCH3 is 1. The molecule has 0 radical (unpaired) electrons. The number of anilines is 1. The first-order valence-corrected chi connectivity index (χ1v) is 8.30. The average Bonchev–Trinajstić information content (AvgIpc) is 2.67. The zero-order valence-electron chi connectivity index (χ0n) is 15.7. The predicted molar refractivity (Wildman–Crippen MR) is 107 cm³/mol. The second kappa shape index (κ2) is 19.6. The molecule has 140 valence electrons. The second-order valence-corrected chi connectivity index (χ2v) is 4.77. The largest absolute Gasteiger partial charge is 0.411 e. The monoisotopic (exact) mass is 349 g/mol. The normalized spacial score (nSPS) is 10.2. The maximum atomic E-state index is 10.4. The molecular formula is C19H31N3O3. The van der Waals surface area contributed by atoms with Crippen molar-refractivity contribution in [1.29, 1.82) is 0 Å². The molecule has 0 saturated heterocycles. The van der Waals surface area contributed by atoms with Crippen molar-refractivity contribution in [2.75, 3.05) is 19.1 Å². The standard InChI is InChI=1S/C11H11N3O2.C5H12.C3H8O/c1-2-9-3-5-10(6-4-9)13-14-11(8-15)7-12-16;1-3-5-4-2;1-3-4-2/h2-8,13,16H,1H2;3-5H2,1-2H3;3H2,1-2H3/b12-7+,14-11+;;. The lowest BCUT2D eigenvalue weighted by molar-refractivity contribution is -0.102. The van der Waals surface area contributed by atoms with Gasteiger partial charge in [0, 0.05) is 13.7 Å². The zero-order chi connectivity index (χ0) is 19.3. The number of nitrogens with zero attached hydrogens (tertiary/aromatic N) is 2. The van der Waals surface area contributed by atoms with Crippen molar-refractivity contribution in [3.8, 4) is 0 Å². The van der Waals surface area contributed by atoms with E-state index in [-0.39, 0.29) is 5.71 Å². The van der Waals surface area contributed by atoms with Gasteiger partial charge in [-0.25, -0.2) is 0 Å². The fourth-order valence-corrected chi connectivity index (χ4v) is 1.32. The van der Waals surface area contributed by atoms with Crippen molar-refractivity contribution >= 4 is 30.0 Å². The molecular weight excluding hydrogens is 318 g/mol. The fraction of sp³-hybridized carbons (Fsp3) is 0.421. The van der Waals surface area contributed by atoms with E-state index in [2.05, 4.69) is 40.8 Å². The topological polar surface area (TPSA) is 83.3 Å². The van der Waals surface area contributed by atoms with Crippen LogP contribution in [0, 0.1) is 0 Å². The van der Waals surface area contributed by atoms with Gasteiger partial charge in [0.25, 0.3) is 0 Å². The van der Waals surface area contributed by atoms with Gasteiger partial charge in [0.2, 0.25) is 0 Å². The lowest BCUT2D eigenvalue weighted by atomic mass is 10.2. The molecule has 2 N–H and O–H groups in total. The van der Waals surface area contributed by atoms with Gasteiger partial charge in [0.05, 0.1) is 11.9 Å². The number of carbonyl (C=O) groups is 1. The van der Waals surface area contributed by atoms with Crippen LogP contribution in [0.4, 0.5) is 5.69 Å². The molecule has 0 saturated carbocycles. The van der Waals surface area contributed by atoms with E-state index in [1.165, 1.54) is 19.3 Å². The summed E-state index contributed by atoms with van der Waals surface area (Å²) >= 11 is 0. The van der Waals surface area contributed by atoms with Gasteiger partial charge in [-0.15, -0.1) is 0 Å². The molecule has 0 aliphatic heterocycles. The summed E-state index contributed by atoms with van der Waals surface area (Å²) in [6, 6.07) is 7.29. The summed E-state index contributed by atoms with van der Waals surface area (Å²) in [5.74, 6) is 0. The smallest absolute Gasteiger partial charge is 0.171 e. The predicted octanol–water partition coefficient (Wildman–Crippen LogP) is 4.61. The van der Waals surface area contributed by atoms with Gasteiger partial charge < -0.3 is 9.94 Å². The van der Waals surface area contributed by atoms with Crippen LogP contribution in [0.1, 0.15) is 45.6 Å². The van der Waals surface area contributed by atoms with Crippen LogP contribution in [0.5, 0.6) is 0 Å². The van der Waals surface area contributed by atoms with E-state index in [9.17, 15) is 4.79 Å². The van der Waals surface area contributed by atoms with E-state index in [1.54, 1.807) is 25.3 Å². The summed E-state index contributed by atoms with van der Waals surface area (Å²) in [5, 5.41) is 14.7. The SMILES string of the molecule is C=Cc1ccc(N/N=C(C=O)\C=N\O)cc1.CCCCC.CCOC. The minimum Gasteiger partial charge on any atom is -0.411 e. The highest BCUT2D eigenvalue weighted by Gasteiger charge is 1.93. The van der Waals surface area contributed by atoms with Crippen LogP contribution in [-0.4, -0.2) is 37.1 Å². The maximum Gasteiger partial charge on any atom is 0.171 e. The van der Waals surface area contributed by atoms with E-state index in [1.807, 2.05) is 19.1 Å². The summed E-state index contributed by atoms with van der Waals surface area (Å²) in [6.07, 6.45) is 7.22. The zero-order valence-corrected chi connectivity index (χ0v) is 15.7. The Kier molecular flexibility index (Phi) is 19.4. The van der Waals surface area contributed by atoms with Gasteiger partial charge in [-0.3, -0.25) is 10.2 Å². The molecule has 0 aliphatic carbocycles. The third-order valence-corrected chi connectivity index (χ3v) is 2.77. The molecule has 1 rings (SSSR count). The molecule has 0 amide bonds. The Labute approximate surface area is 151 Å². The van der Waals surface area contributed by atoms with Crippen molar-refractivity contribution in [3.05, 3.63) is 36.4 Å². The van der Waals surface area contributed by atoms with Crippen molar-refractivity contribution in [2.45, 2.75) is 40.0 Å². The summed E-state index contributed by atoms with van der Waals surface area (Å²) in [7, 11) is 1.68. The Morgan fingerprint density at radius 3 is 2.12 bits per heavy atom. The first-order chi connectivity index (χ1) is 12.1.